The number of aliphatic hydroxyl groups excluding tert-OH is 1. The quantitative estimate of drug-likeness (QED) is 0.802. The smallest absolute Gasteiger partial charge is 0.131 e. The van der Waals surface area contributed by atoms with Gasteiger partial charge in [-0.15, -0.1) is 0 Å². The third kappa shape index (κ3) is 3.70. The molecule has 4 nitrogen and oxygen atoms in total. The average Bonchev–Trinajstić information content (AvgIpc) is 2.97. The second-order valence-corrected chi connectivity index (χ2v) is 5.62. The monoisotopic (exact) mass is 277 g/mol. The Morgan fingerprint density at radius 1 is 1.40 bits per heavy atom. The Morgan fingerprint density at radius 2 is 2.15 bits per heavy atom. The van der Waals surface area contributed by atoms with Crippen LogP contribution in [0.15, 0.2) is 12.3 Å². The highest BCUT2D eigenvalue weighted by atomic mass is 16.3. The van der Waals surface area contributed by atoms with Gasteiger partial charge in [-0.1, -0.05) is 19.8 Å². The molecule has 0 spiro atoms. The van der Waals surface area contributed by atoms with Crippen molar-refractivity contribution in [3.63, 3.8) is 0 Å². The summed E-state index contributed by atoms with van der Waals surface area (Å²) in [6.45, 7) is 6.95. The number of aromatic nitrogens is 1. The number of rotatable bonds is 7. The van der Waals surface area contributed by atoms with Gasteiger partial charge < -0.3 is 15.3 Å². The van der Waals surface area contributed by atoms with E-state index in [0.717, 1.165) is 18.9 Å². The van der Waals surface area contributed by atoms with Gasteiger partial charge in [0.05, 0.1) is 6.61 Å². The van der Waals surface area contributed by atoms with Crippen LogP contribution in [-0.2, 0) is 6.54 Å². The fourth-order valence-corrected chi connectivity index (χ4v) is 3.08. The van der Waals surface area contributed by atoms with E-state index < -0.39 is 0 Å². The molecule has 1 aliphatic rings. The van der Waals surface area contributed by atoms with Crippen LogP contribution in [0, 0.1) is 6.92 Å². The summed E-state index contributed by atoms with van der Waals surface area (Å²) in [4.78, 5) is 6.97. The van der Waals surface area contributed by atoms with E-state index >= 15 is 0 Å². The first-order chi connectivity index (χ1) is 9.76. The fourth-order valence-electron chi connectivity index (χ4n) is 3.08. The lowest BCUT2D eigenvalue weighted by molar-refractivity contribution is 0.296. The SMILES string of the molecule is CCNCc1cnc(N(CCO)C2CCCC2)c(C)c1. The molecule has 1 aliphatic carbocycles. The van der Waals surface area contributed by atoms with Crippen LogP contribution < -0.4 is 10.2 Å². The van der Waals surface area contributed by atoms with Crippen LogP contribution in [0.5, 0.6) is 0 Å². The molecule has 1 aromatic heterocycles. The maximum atomic E-state index is 9.34. The number of nitrogens with one attached hydrogen (secondary N) is 1. The summed E-state index contributed by atoms with van der Waals surface area (Å²) < 4.78 is 0. The lowest BCUT2D eigenvalue weighted by Gasteiger charge is -2.30. The number of hydrogen-bond donors (Lipinski definition) is 2. The minimum Gasteiger partial charge on any atom is -0.395 e. The van der Waals surface area contributed by atoms with Crippen LogP contribution in [0.2, 0.25) is 0 Å². The molecule has 1 heterocycles. The Bertz CT molecular complexity index is 416. The highest BCUT2D eigenvalue weighted by Crippen LogP contribution is 2.28. The Balaban J connectivity index is 2.15. The first-order valence-electron chi connectivity index (χ1n) is 7.80. The maximum absolute atomic E-state index is 9.34. The van der Waals surface area contributed by atoms with Crippen molar-refractivity contribution < 1.29 is 5.11 Å². The summed E-state index contributed by atoms with van der Waals surface area (Å²) in [5.74, 6) is 1.05. The molecule has 1 saturated carbocycles. The van der Waals surface area contributed by atoms with Gasteiger partial charge in [-0.3, -0.25) is 0 Å². The molecule has 2 N–H and O–H groups in total. The highest BCUT2D eigenvalue weighted by molar-refractivity contribution is 5.48. The second-order valence-electron chi connectivity index (χ2n) is 5.62. The predicted octanol–water partition coefficient (Wildman–Crippen LogP) is 2.24. The normalized spacial score (nSPS) is 15.8. The maximum Gasteiger partial charge on any atom is 0.131 e. The van der Waals surface area contributed by atoms with E-state index in [1.165, 1.54) is 36.8 Å². The third-order valence-electron chi connectivity index (χ3n) is 4.06. The van der Waals surface area contributed by atoms with E-state index in [1.54, 1.807) is 0 Å². The zero-order chi connectivity index (χ0) is 14.4. The number of nitrogens with zero attached hydrogens (tertiary/aromatic N) is 2. The van der Waals surface area contributed by atoms with Gasteiger partial charge in [0.1, 0.15) is 5.82 Å². The molecule has 0 unspecified atom stereocenters. The number of hydrogen-bond acceptors (Lipinski definition) is 4. The molecular weight excluding hydrogens is 250 g/mol. The Morgan fingerprint density at radius 3 is 2.75 bits per heavy atom. The van der Waals surface area contributed by atoms with Crippen LogP contribution in [0.1, 0.15) is 43.7 Å². The molecular formula is C16H27N3O. The molecule has 0 atom stereocenters. The molecule has 1 aromatic rings. The summed E-state index contributed by atoms with van der Waals surface area (Å²) in [6, 6.07) is 2.76. The molecule has 112 valence electrons. The Labute approximate surface area is 122 Å². The van der Waals surface area contributed by atoms with Gasteiger partial charge in [-0.25, -0.2) is 4.98 Å². The molecule has 0 bridgehead atoms. The zero-order valence-electron chi connectivity index (χ0n) is 12.7. The largest absolute Gasteiger partial charge is 0.395 e. The zero-order valence-corrected chi connectivity index (χ0v) is 12.7. The average molecular weight is 277 g/mol. The summed E-state index contributed by atoms with van der Waals surface area (Å²) in [5.41, 5.74) is 2.43. The summed E-state index contributed by atoms with van der Waals surface area (Å²) in [5, 5.41) is 12.7. The molecule has 1 fully saturated rings. The highest BCUT2D eigenvalue weighted by Gasteiger charge is 2.24. The molecule has 0 aliphatic heterocycles. The lowest BCUT2D eigenvalue weighted by Crippen LogP contribution is -2.36. The van der Waals surface area contributed by atoms with Crippen molar-refractivity contribution in [1.29, 1.82) is 0 Å². The molecule has 0 amide bonds. The van der Waals surface area contributed by atoms with E-state index in [2.05, 4.69) is 35.1 Å². The minimum absolute atomic E-state index is 0.191. The van der Waals surface area contributed by atoms with Gasteiger partial charge in [0, 0.05) is 25.3 Å². The van der Waals surface area contributed by atoms with Crippen molar-refractivity contribution >= 4 is 5.82 Å². The molecule has 0 radical (unpaired) electrons. The minimum atomic E-state index is 0.191. The molecule has 4 heteroatoms. The van der Waals surface area contributed by atoms with Crippen molar-refractivity contribution in [2.24, 2.45) is 0 Å². The van der Waals surface area contributed by atoms with Crippen molar-refractivity contribution in [2.45, 2.75) is 52.1 Å². The standard InChI is InChI=1S/C16H27N3O/c1-3-17-11-14-10-13(2)16(18-12-14)19(8-9-20)15-6-4-5-7-15/h10,12,15,17,20H,3-9,11H2,1-2H3. The molecule has 2 rings (SSSR count). The van der Waals surface area contributed by atoms with E-state index in [4.69, 9.17) is 0 Å². The van der Waals surface area contributed by atoms with Gasteiger partial charge in [0.2, 0.25) is 0 Å². The van der Waals surface area contributed by atoms with Crippen LogP contribution in [-0.4, -0.2) is 35.8 Å². The number of aryl methyl sites for hydroxylation is 1. The van der Waals surface area contributed by atoms with E-state index in [0.29, 0.717) is 12.6 Å². The predicted molar refractivity (Wildman–Crippen MR) is 83.0 cm³/mol. The van der Waals surface area contributed by atoms with Gasteiger partial charge in [0.25, 0.3) is 0 Å². The molecule has 0 aromatic carbocycles. The molecule has 20 heavy (non-hydrogen) atoms. The van der Waals surface area contributed by atoms with E-state index in [9.17, 15) is 5.11 Å². The van der Waals surface area contributed by atoms with Gasteiger partial charge >= 0.3 is 0 Å². The van der Waals surface area contributed by atoms with Crippen LogP contribution in [0.3, 0.4) is 0 Å². The first kappa shape index (κ1) is 15.3. The van der Waals surface area contributed by atoms with Crippen molar-refractivity contribution in [3.05, 3.63) is 23.4 Å². The third-order valence-corrected chi connectivity index (χ3v) is 4.06. The van der Waals surface area contributed by atoms with Gasteiger partial charge in [-0.2, -0.15) is 0 Å². The Kier molecular flexibility index (Phi) is 5.80. The van der Waals surface area contributed by atoms with Crippen LogP contribution in [0.4, 0.5) is 5.82 Å². The number of aliphatic hydroxyl groups is 1. The number of anilines is 1. The number of pyridine rings is 1. The fraction of sp³-hybridized carbons (Fsp3) is 0.688. The van der Waals surface area contributed by atoms with Crippen LogP contribution >= 0.6 is 0 Å². The second kappa shape index (κ2) is 7.60. The Hall–Kier alpha value is -1.13. The van der Waals surface area contributed by atoms with E-state index in [1.807, 2.05) is 6.20 Å². The van der Waals surface area contributed by atoms with Crippen molar-refractivity contribution in [2.75, 3.05) is 24.6 Å². The van der Waals surface area contributed by atoms with E-state index in [-0.39, 0.29) is 6.61 Å². The lowest BCUT2D eigenvalue weighted by atomic mass is 10.1. The first-order valence-corrected chi connectivity index (χ1v) is 7.80. The van der Waals surface area contributed by atoms with Crippen molar-refractivity contribution in [1.82, 2.24) is 10.3 Å². The molecule has 0 saturated heterocycles. The van der Waals surface area contributed by atoms with Crippen molar-refractivity contribution in [3.8, 4) is 0 Å². The van der Waals surface area contributed by atoms with Gasteiger partial charge in [0.15, 0.2) is 0 Å². The summed E-state index contributed by atoms with van der Waals surface area (Å²) >= 11 is 0. The summed E-state index contributed by atoms with van der Waals surface area (Å²) in [7, 11) is 0. The van der Waals surface area contributed by atoms with Crippen LogP contribution in [0.25, 0.3) is 0 Å². The van der Waals surface area contributed by atoms with Gasteiger partial charge in [-0.05, 0) is 43.5 Å². The topological polar surface area (TPSA) is 48.4 Å². The summed E-state index contributed by atoms with van der Waals surface area (Å²) in [6.07, 6.45) is 7.00.